The Kier molecular flexibility index (Phi) is 3.55. The van der Waals surface area contributed by atoms with Crippen LogP contribution in [-0.4, -0.2) is 9.97 Å². The van der Waals surface area contributed by atoms with Crippen LogP contribution in [0.25, 0.3) is 11.0 Å². The van der Waals surface area contributed by atoms with Gasteiger partial charge >= 0.3 is 0 Å². The molecule has 0 saturated heterocycles. The Morgan fingerprint density at radius 2 is 2.05 bits per heavy atom. The van der Waals surface area contributed by atoms with Crippen LogP contribution in [0.5, 0.6) is 5.75 Å². The molecular formula is C16H14ClFN2O. The first-order chi connectivity index (χ1) is 10.0. The van der Waals surface area contributed by atoms with Gasteiger partial charge in [-0.15, -0.1) is 0 Å². The normalized spacial score (nSPS) is 12.6. The van der Waals surface area contributed by atoms with E-state index in [9.17, 15) is 4.39 Å². The molecular weight excluding hydrogens is 291 g/mol. The quantitative estimate of drug-likeness (QED) is 0.754. The lowest BCUT2D eigenvalue weighted by Crippen LogP contribution is -2.05. The zero-order valence-corrected chi connectivity index (χ0v) is 12.4. The summed E-state index contributed by atoms with van der Waals surface area (Å²) in [6.07, 6.45) is -0.277. The van der Waals surface area contributed by atoms with Crippen molar-refractivity contribution in [3.05, 3.63) is 58.6 Å². The lowest BCUT2D eigenvalue weighted by Gasteiger charge is -2.13. The molecule has 0 radical (unpaired) electrons. The van der Waals surface area contributed by atoms with E-state index in [0.29, 0.717) is 21.9 Å². The summed E-state index contributed by atoms with van der Waals surface area (Å²) in [7, 11) is 0. The van der Waals surface area contributed by atoms with Crippen LogP contribution in [0.4, 0.5) is 4.39 Å². The number of ether oxygens (including phenoxy) is 1. The molecule has 0 aliphatic rings. The van der Waals surface area contributed by atoms with Crippen LogP contribution in [0.3, 0.4) is 0 Å². The molecule has 108 valence electrons. The van der Waals surface area contributed by atoms with Gasteiger partial charge < -0.3 is 9.72 Å². The minimum Gasteiger partial charge on any atom is -0.483 e. The molecule has 0 saturated carbocycles. The van der Waals surface area contributed by atoms with Crippen LogP contribution in [0.2, 0.25) is 5.02 Å². The summed E-state index contributed by atoms with van der Waals surface area (Å²) < 4.78 is 19.0. The number of rotatable bonds is 3. The molecule has 0 amide bonds. The summed E-state index contributed by atoms with van der Waals surface area (Å²) in [6.45, 7) is 3.81. The van der Waals surface area contributed by atoms with Crippen molar-refractivity contribution in [2.75, 3.05) is 0 Å². The molecule has 0 aliphatic carbocycles. The smallest absolute Gasteiger partial charge is 0.153 e. The number of nitrogens with zero attached hydrogens (tertiary/aromatic N) is 1. The first kappa shape index (κ1) is 13.9. The van der Waals surface area contributed by atoms with Crippen molar-refractivity contribution in [1.82, 2.24) is 9.97 Å². The molecule has 0 aliphatic heterocycles. The largest absolute Gasteiger partial charge is 0.483 e. The summed E-state index contributed by atoms with van der Waals surface area (Å²) in [4.78, 5) is 7.50. The van der Waals surface area contributed by atoms with E-state index in [1.54, 1.807) is 12.1 Å². The molecule has 1 N–H and O–H groups in total. The molecule has 1 atom stereocenters. The average Bonchev–Trinajstić information content (AvgIpc) is 2.86. The average molecular weight is 305 g/mol. The van der Waals surface area contributed by atoms with E-state index < -0.39 is 0 Å². The second-order valence-corrected chi connectivity index (χ2v) is 5.36. The van der Waals surface area contributed by atoms with Crippen LogP contribution in [-0.2, 0) is 0 Å². The van der Waals surface area contributed by atoms with Gasteiger partial charge in [0.05, 0.1) is 11.0 Å². The molecule has 5 heteroatoms. The number of halogens is 2. The molecule has 0 unspecified atom stereocenters. The minimum atomic E-state index is -0.292. The van der Waals surface area contributed by atoms with E-state index in [4.69, 9.17) is 16.3 Å². The van der Waals surface area contributed by atoms with Gasteiger partial charge in [0, 0.05) is 5.02 Å². The van der Waals surface area contributed by atoms with E-state index in [-0.39, 0.29) is 11.9 Å². The van der Waals surface area contributed by atoms with Crippen molar-refractivity contribution in [3.63, 3.8) is 0 Å². The number of hydrogen-bond acceptors (Lipinski definition) is 2. The number of hydrogen-bond donors (Lipinski definition) is 1. The van der Waals surface area contributed by atoms with Crippen LogP contribution in [0, 0.1) is 12.7 Å². The van der Waals surface area contributed by atoms with Crippen molar-refractivity contribution in [2.45, 2.75) is 20.0 Å². The first-order valence-electron chi connectivity index (χ1n) is 6.61. The Morgan fingerprint density at radius 1 is 1.24 bits per heavy atom. The Balaban J connectivity index is 1.85. The van der Waals surface area contributed by atoms with Gasteiger partial charge in [0.25, 0.3) is 0 Å². The van der Waals surface area contributed by atoms with E-state index >= 15 is 0 Å². The molecule has 21 heavy (non-hydrogen) atoms. The van der Waals surface area contributed by atoms with Gasteiger partial charge in [-0.2, -0.15) is 0 Å². The molecule has 1 aromatic heterocycles. The highest BCUT2D eigenvalue weighted by molar-refractivity contribution is 6.31. The summed E-state index contributed by atoms with van der Waals surface area (Å²) >= 11 is 5.99. The Morgan fingerprint density at radius 3 is 2.81 bits per heavy atom. The molecule has 0 fully saturated rings. The zero-order chi connectivity index (χ0) is 15.0. The second kappa shape index (κ2) is 5.37. The van der Waals surface area contributed by atoms with Gasteiger partial charge in [-0.25, -0.2) is 9.37 Å². The van der Waals surface area contributed by atoms with Gasteiger partial charge in [0.15, 0.2) is 6.10 Å². The molecule has 3 nitrogen and oxygen atoms in total. The number of H-pyrrole nitrogens is 1. The Hall–Kier alpha value is -2.07. The van der Waals surface area contributed by atoms with Gasteiger partial charge in [0.2, 0.25) is 0 Å². The topological polar surface area (TPSA) is 37.9 Å². The number of aromatic amines is 1. The highest BCUT2D eigenvalue weighted by Crippen LogP contribution is 2.26. The van der Waals surface area contributed by atoms with Crippen LogP contribution >= 0.6 is 11.6 Å². The first-order valence-corrected chi connectivity index (χ1v) is 6.99. The minimum absolute atomic E-state index is 0.277. The van der Waals surface area contributed by atoms with Crippen molar-refractivity contribution in [2.24, 2.45) is 0 Å². The van der Waals surface area contributed by atoms with Gasteiger partial charge in [-0.05, 0) is 55.8 Å². The fourth-order valence-corrected chi connectivity index (χ4v) is 2.26. The molecule has 3 aromatic rings. The SMILES string of the molecule is Cc1cc(O[C@@H](C)c2nc3ccc(F)cc3[nH]2)ccc1Cl. The number of nitrogens with one attached hydrogen (secondary N) is 1. The van der Waals surface area contributed by atoms with Crippen LogP contribution in [0.15, 0.2) is 36.4 Å². The molecule has 2 aromatic carbocycles. The molecule has 3 rings (SSSR count). The maximum absolute atomic E-state index is 13.2. The van der Waals surface area contributed by atoms with Crippen LogP contribution in [0.1, 0.15) is 24.4 Å². The maximum Gasteiger partial charge on any atom is 0.153 e. The number of aryl methyl sites for hydroxylation is 1. The Bertz CT molecular complexity index is 800. The number of fused-ring (bicyclic) bond motifs is 1. The fourth-order valence-electron chi connectivity index (χ4n) is 2.14. The fraction of sp³-hybridized carbons (Fsp3) is 0.188. The predicted octanol–water partition coefficient (Wildman–Crippen LogP) is 4.80. The predicted molar refractivity (Wildman–Crippen MR) is 81.3 cm³/mol. The van der Waals surface area contributed by atoms with Crippen molar-refractivity contribution in [1.29, 1.82) is 0 Å². The van der Waals surface area contributed by atoms with Gasteiger partial charge in [0.1, 0.15) is 17.4 Å². The molecule has 0 bridgehead atoms. The van der Waals surface area contributed by atoms with Crippen molar-refractivity contribution in [3.8, 4) is 5.75 Å². The monoisotopic (exact) mass is 304 g/mol. The van der Waals surface area contributed by atoms with Crippen LogP contribution < -0.4 is 4.74 Å². The Labute approximate surface area is 126 Å². The standard InChI is InChI=1S/C16H14ClFN2O/c1-9-7-12(4-5-13(9)17)21-10(2)16-19-14-6-3-11(18)8-15(14)20-16/h3-8,10H,1-2H3,(H,19,20)/t10-/m0/s1. The van der Waals surface area contributed by atoms with Crippen molar-refractivity contribution < 1.29 is 9.13 Å². The third kappa shape index (κ3) is 2.85. The highest BCUT2D eigenvalue weighted by Gasteiger charge is 2.13. The highest BCUT2D eigenvalue weighted by atomic mass is 35.5. The molecule has 0 spiro atoms. The lowest BCUT2D eigenvalue weighted by molar-refractivity contribution is 0.218. The summed E-state index contributed by atoms with van der Waals surface area (Å²) in [6, 6.07) is 9.94. The number of benzene rings is 2. The lowest BCUT2D eigenvalue weighted by atomic mass is 10.2. The summed E-state index contributed by atoms with van der Waals surface area (Å²) in [5, 5.41) is 0.703. The maximum atomic E-state index is 13.2. The van der Waals surface area contributed by atoms with E-state index in [1.807, 2.05) is 26.0 Å². The third-order valence-electron chi connectivity index (χ3n) is 3.29. The second-order valence-electron chi connectivity index (χ2n) is 4.95. The number of aromatic nitrogens is 2. The van der Waals surface area contributed by atoms with E-state index in [0.717, 1.165) is 11.3 Å². The summed E-state index contributed by atoms with van der Waals surface area (Å²) in [5.74, 6) is 1.08. The zero-order valence-electron chi connectivity index (χ0n) is 11.7. The van der Waals surface area contributed by atoms with E-state index in [2.05, 4.69) is 9.97 Å². The van der Waals surface area contributed by atoms with Crippen molar-refractivity contribution >= 4 is 22.6 Å². The number of imidazole rings is 1. The summed E-state index contributed by atoms with van der Waals surface area (Å²) in [5.41, 5.74) is 2.33. The van der Waals surface area contributed by atoms with Gasteiger partial charge in [-0.1, -0.05) is 11.6 Å². The van der Waals surface area contributed by atoms with Gasteiger partial charge in [-0.3, -0.25) is 0 Å². The third-order valence-corrected chi connectivity index (χ3v) is 3.71. The molecule has 1 heterocycles. The van der Waals surface area contributed by atoms with E-state index in [1.165, 1.54) is 12.1 Å².